The van der Waals surface area contributed by atoms with E-state index in [0.717, 1.165) is 46.5 Å². The number of Topliss-reactive ketones (excluding diaryl/α,β-unsaturated/α-hetero) is 1. The van der Waals surface area contributed by atoms with E-state index in [1.807, 2.05) is 28.9 Å². The van der Waals surface area contributed by atoms with Gasteiger partial charge in [0.25, 0.3) is 0 Å². The molecule has 1 aliphatic rings. The zero-order chi connectivity index (χ0) is 18.6. The highest BCUT2D eigenvalue weighted by Gasteiger charge is 2.21. The number of nitrogens with one attached hydrogen (secondary N) is 1. The van der Waals surface area contributed by atoms with Gasteiger partial charge in [-0.1, -0.05) is 18.2 Å². The summed E-state index contributed by atoms with van der Waals surface area (Å²) < 4.78 is 1.92. The topological polar surface area (TPSA) is 80.0 Å². The molecule has 0 unspecified atom stereocenters. The second-order valence-corrected chi connectivity index (χ2v) is 6.66. The number of pyridine rings is 1. The first kappa shape index (κ1) is 17.6. The Morgan fingerprint density at radius 1 is 1.04 bits per heavy atom. The van der Waals surface area contributed by atoms with E-state index in [4.69, 9.17) is 10.2 Å². The van der Waals surface area contributed by atoms with Crippen LogP contribution in [-0.2, 0) is 13.0 Å². The molecule has 2 heterocycles. The molecule has 27 heavy (non-hydrogen) atoms. The second-order valence-electron chi connectivity index (χ2n) is 6.66. The maximum absolute atomic E-state index is 11.9. The summed E-state index contributed by atoms with van der Waals surface area (Å²) in [5, 5.41) is 16.8. The minimum atomic E-state index is 0.125. The Hall–Kier alpha value is -2.83. The molecule has 6 heteroatoms. The lowest BCUT2D eigenvalue weighted by Gasteiger charge is -2.05. The van der Waals surface area contributed by atoms with Crippen LogP contribution in [0.3, 0.4) is 0 Å². The van der Waals surface area contributed by atoms with Crippen molar-refractivity contribution in [1.82, 2.24) is 20.1 Å². The Morgan fingerprint density at radius 2 is 1.89 bits per heavy atom. The first-order valence-corrected chi connectivity index (χ1v) is 9.22. The van der Waals surface area contributed by atoms with Crippen molar-refractivity contribution in [2.75, 3.05) is 19.7 Å². The number of aliphatic hydroxyl groups is 1. The van der Waals surface area contributed by atoms with Gasteiger partial charge in [-0.2, -0.15) is 5.10 Å². The van der Waals surface area contributed by atoms with Crippen LogP contribution in [0.5, 0.6) is 0 Å². The zero-order valence-electron chi connectivity index (χ0n) is 15.1. The number of aliphatic hydroxyl groups excluding tert-OH is 1. The standard InChI is InChI=1S/C21H22N4O2/c26-12-10-23-9-11-25-14-19(21(24-25)15-5-7-22-8-6-15)17-1-3-18-16(13-17)2-4-20(18)27/h1,3,5-8,13-14,23,26H,2,4,9-12H2. The van der Waals surface area contributed by atoms with Crippen molar-refractivity contribution in [2.45, 2.75) is 19.4 Å². The maximum Gasteiger partial charge on any atom is 0.163 e. The number of fused-ring (bicyclic) bond motifs is 1. The van der Waals surface area contributed by atoms with E-state index < -0.39 is 0 Å². The molecule has 2 N–H and O–H groups in total. The molecule has 4 rings (SSSR count). The lowest BCUT2D eigenvalue weighted by atomic mass is 9.98. The number of aryl methyl sites for hydroxylation is 1. The molecule has 2 aromatic heterocycles. The monoisotopic (exact) mass is 362 g/mol. The molecule has 3 aromatic rings. The summed E-state index contributed by atoms with van der Waals surface area (Å²) in [6.07, 6.45) is 7.00. The normalized spacial score (nSPS) is 13.1. The molecule has 1 aliphatic carbocycles. The average Bonchev–Trinajstić information content (AvgIpc) is 3.30. The molecule has 0 atom stereocenters. The zero-order valence-corrected chi connectivity index (χ0v) is 15.1. The van der Waals surface area contributed by atoms with E-state index >= 15 is 0 Å². The van der Waals surface area contributed by atoms with Crippen LogP contribution in [0.1, 0.15) is 22.3 Å². The average molecular weight is 362 g/mol. The fourth-order valence-corrected chi connectivity index (χ4v) is 3.49. The third-order valence-electron chi connectivity index (χ3n) is 4.86. The third kappa shape index (κ3) is 3.67. The third-order valence-corrected chi connectivity index (χ3v) is 4.86. The van der Waals surface area contributed by atoms with Crippen molar-refractivity contribution < 1.29 is 9.90 Å². The second kappa shape index (κ2) is 7.82. The minimum absolute atomic E-state index is 0.125. The summed E-state index contributed by atoms with van der Waals surface area (Å²) in [6.45, 7) is 2.14. The first-order chi connectivity index (χ1) is 13.3. The van der Waals surface area contributed by atoms with E-state index in [-0.39, 0.29) is 12.4 Å². The van der Waals surface area contributed by atoms with Crippen molar-refractivity contribution in [3.8, 4) is 22.4 Å². The molecule has 0 saturated carbocycles. The highest BCUT2D eigenvalue weighted by Crippen LogP contribution is 2.33. The van der Waals surface area contributed by atoms with E-state index in [0.29, 0.717) is 19.5 Å². The number of hydrogen-bond acceptors (Lipinski definition) is 5. The molecular formula is C21H22N4O2. The fourth-order valence-electron chi connectivity index (χ4n) is 3.49. The molecule has 6 nitrogen and oxygen atoms in total. The van der Waals surface area contributed by atoms with Crippen molar-refractivity contribution in [1.29, 1.82) is 0 Å². The summed E-state index contributed by atoms with van der Waals surface area (Å²) in [7, 11) is 0. The molecule has 0 bridgehead atoms. The van der Waals surface area contributed by atoms with Crippen LogP contribution in [0.15, 0.2) is 48.9 Å². The number of nitrogens with zero attached hydrogens (tertiary/aromatic N) is 3. The van der Waals surface area contributed by atoms with Crippen LogP contribution in [0.4, 0.5) is 0 Å². The predicted octanol–water partition coefficient (Wildman–Crippen LogP) is 2.32. The van der Waals surface area contributed by atoms with E-state index in [1.165, 1.54) is 0 Å². The smallest absolute Gasteiger partial charge is 0.163 e. The van der Waals surface area contributed by atoms with Gasteiger partial charge in [-0.15, -0.1) is 0 Å². The summed E-state index contributed by atoms with van der Waals surface area (Å²) in [4.78, 5) is 16.0. The van der Waals surface area contributed by atoms with Gasteiger partial charge in [-0.05, 0) is 29.7 Å². The molecule has 138 valence electrons. The molecule has 0 radical (unpaired) electrons. The van der Waals surface area contributed by atoms with Gasteiger partial charge in [0.1, 0.15) is 5.69 Å². The Balaban J connectivity index is 1.70. The van der Waals surface area contributed by atoms with Crippen LogP contribution >= 0.6 is 0 Å². The summed E-state index contributed by atoms with van der Waals surface area (Å²) in [5.74, 6) is 0.233. The van der Waals surface area contributed by atoms with Gasteiger partial charge in [0.05, 0.1) is 13.2 Å². The van der Waals surface area contributed by atoms with Crippen molar-refractivity contribution >= 4 is 5.78 Å². The van der Waals surface area contributed by atoms with Crippen molar-refractivity contribution in [2.24, 2.45) is 0 Å². The van der Waals surface area contributed by atoms with Crippen LogP contribution in [-0.4, -0.2) is 45.4 Å². The number of aromatic nitrogens is 3. The Kier molecular flexibility index (Phi) is 5.09. The first-order valence-electron chi connectivity index (χ1n) is 9.22. The van der Waals surface area contributed by atoms with Crippen LogP contribution < -0.4 is 5.32 Å². The van der Waals surface area contributed by atoms with Gasteiger partial charge in [0, 0.05) is 54.8 Å². The summed E-state index contributed by atoms with van der Waals surface area (Å²) >= 11 is 0. The molecule has 0 aliphatic heterocycles. The lowest BCUT2D eigenvalue weighted by Crippen LogP contribution is -2.23. The highest BCUT2D eigenvalue weighted by molar-refractivity contribution is 6.01. The largest absolute Gasteiger partial charge is 0.395 e. The Labute approximate surface area is 157 Å². The molecule has 0 saturated heterocycles. The van der Waals surface area contributed by atoms with Gasteiger partial charge < -0.3 is 10.4 Å². The van der Waals surface area contributed by atoms with Gasteiger partial charge in [-0.3, -0.25) is 14.5 Å². The molecule has 0 amide bonds. The quantitative estimate of drug-likeness (QED) is 0.631. The summed E-state index contributed by atoms with van der Waals surface area (Å²) in [5.41, 5.74) is 6.01. The predicted molar refractivity (Wildman–Crippen MR) is 104 cm³/mol. The molecular weight excluding hydrogens is 340 g/mol. The van der Waals surface area contributed by atoms with Crippen LogP contribution in [0.25, 0.3) is 22.4 Å². The van der Waals surface area contributed by atoms with Gasteiger partial charge in [-0.25, -0.2) is 0 Å². The molecule has 0 spiro atoms. The van der Waals surface area contributed by atoms with Gasteiger partial charge in [0.2, 0.25) is 0 Å². The van der Waals surface area contributed by atoms with E-state index in [9.17, 15) is 4.79 Å². The molecule has 0 fully saturated rings. The highest BCUT2D eigenvalue weighted by atomic mass is 16.3. The SMILES string of the molecule is O=C1CCc2cc(-c3cn(CCNCCO)nc3-c3ccncc3)ccc21. The Morgan fingerprint density at radius 3 is 2.70 bits per heavy atom. The van der Waals surface area contributed by atoms with Crippen molar-refractivity contribution in [3.05, 3.63) is 60.0 Å². The lowest BCUT2D eigenvalue weighted by molar-refractivity contribution is 0.0994. The van der Waals surface area contributed by atoms with Crippen LogP contribution in [0, 0.1) is 0 Å². The summed E-state index contributed by atoms with van der Waals surface area (Å²) in [6, 6.07) is 9.99. The fraction of sp³-hybridized carbons (Fsp3) is 0.286. The molecule has 1 aromatic carbocycles. The van der Waals surface area contributed by atoms with Gasteiger partial charge >= 0.3 is 0 Å². The number of carbonyl (C=O) groups excluding carboxylic acids is 1. The Bertz CT molecular complexity index is 950. The van der Waals surface area contributed by atoms with E-state index in [2.05, 4.69) is 22.6 Å². The van der Waals surface area contributed by atoms with E-state index in [1.54, 1.807) is 12.4 Å². The van der Waals surface area contributed by atoms with Gasteiger partial charge in [0.15, 0.2) is 5.78 Å². The number of rotatable bonds is 7. The maximum atomic E-state index is 11.9. The minimum Gasteiger partial charge on any atom is -0.395 e. The number of ketones is 1. The number of carbonyl (C=O) groups is 1. The number of benzene rings is 1. The number of hydrogen-bond donors (Lipinski definition) is 2. The van der Waals surface area contributed by atoms with Crippen molar-refractivity contribution in [3.63, 3.8) is 0 Å². The van der Waals surface area contributed by atoms with Crippen LogP contribution in [0.2, 0.25) is 0 Å².